The highest BCUT2D eigenvalue weighted by molar-refractivity contribution is 7.92. The molecule has 0 saturated carbocycles. The molecule has 0 radical (unpaired) electrons. The molecule has 6 nitrogen and oxygen atoms in total. The van der Waals surface area contributed by atoms with Crippen LogP contribution in [0, 0.1) is 0 Å². The van der Waals surface area contributed by atoms with Gasteiger partial charge in [0.2, 0.25) is 0 Å². The molecule has 0 fully saturated rings. The normalized spacial score (nSPS) is 15.4. The predicted molar refractivity (Wildman–Crippen MR) is 47.7 cm³/mol. The SMILES string of the molecule is CC(C)([C@H](NN)C(=O)O)S(C)(=O)=O. The van der Waals surface area contributed by atoms with Crippen molar-refractivity contribution in [2.45, 2.75) is 24.6 Å². The minimum atomic E-state index is -3.48. The molecule has 78 valence electrons. The van der Waals surface area contributed by atoms with Crippen molar-refractivity contribution in [3.8, 4) is 0 Å². The Morgan fingerprint density at radius 2 is 1.92 bits per heavy atom. The van der Waals surface area contributed by atoms with Gasteiger partial charge in [0.15, 0.2) is 9.84 Å². The number of rotatable bonds is 4. The van der Waals surface area contributed by atoms with Gasteiger partial charge >= 0.3 is 5.97 Å². The molecule has 0 aliphatic rings. The molecular formula is C6H14N2O4S. The third-order valence-corrected chi connectivity index (χ3v) is 4.21. The van der Waals surface area contributed by atoms with Crippen molar-refractivity contribution in [2.75, 3.05) is 6.26 Å². The van der Waals surface area contributed by atoms with Gasteiger partial charge in [-0.15, -0.1) is 0 Å². The van der Waals surface area contributed by atoms with Crippen LogP contribution in [0.4, 0.5) is 0 Å². The fourth-order valence-electron chi connectivity index (χ4n) is 0.783. The number of sulfone groups is 1. The van der Waals surface area contributed by atoms with Gasteiger partial charge in [-0.3, -0.25) is 10.6 Å². The second-order valence-corrected chi connectivity index (χ2v) is 5.91. The summed E-state index contributed by atoms with van der Waals surface area (Å²) in [5.41, 5.74) is 1.97. The lowest BCUT2D eigenvalue weighted by atomic mass is 10.0. The number of hydrogen-bond donors (Lipinski definition) is 3. The smallest absolute Gasteiger partial charge is 0.323 e. The van der Waals surface area contributed by atoms with Gasteiger partial charge in [-0.25, -0.2) is 13.8 Å². The average molecular weight is 210 g/mol. The van der Waals surface area contributed by atoms with Crippen LogP contribution in [0.3, 0.4) is 0 Å². The van der Waals surface area contributed by atoms with Crippen LogP contribution >= 0.6 is 0 Å². The first-order valence-electron chi connectivity index (χ1n) is 3.53. The number of carboxylic acids is 1. The molecule has 4 N–H and O–H groups in total. The summed E-state index contributed by atoms with van der Waals surface area (Å²) in [5, 5.41) is 8.67. The Balaban J connectivity index is 5.13. The zero-order chi connectivity index (χ0) is 10.9. The fraction of sp³-hybridized carbons (Fsp3) is 0.833. The summed E-state index contributed by atoms with van der Waals surface area (Å²) in [4.78, 5) is 10.6. The maximum absolute atomic E-state index is 11.2. The van der Waals surface area contributed by atoms with Crippen LogP contribution in [0.2, 0.25) is 0 Å². The molecule has 7 heteroatoms. The Morgan fingerprint density at radius 1 is 1.54 bits per heavy atom. The Morgan fingerprint density at radius 3 is 2.00 bits per heavy atom. The van der Waals surface area contributed by atoms with Crippen LogP contribution in [-0.4, -0.2) is 36.5 Å². The lowest BCUT2D eigenvalue weighted by Gasteiger charge is -2.28. The number of nitrogens with one attached hydrogen (secondary N) is 1. The van der Waals surface area contributed by atoms with Crippen molar-refractivity contribution in [1.29, 1.82) is 0 Å². The second-order valence-electron chi connectivity index (χ2n) is 3.31. The molecule has 0 aromatic heterocycles. The molecule has 0 rings (SSSR count). The highest BCUT2D eigenvalue weighted by Crippen LogP contribution is 2.19. The van der Waals surface area contributed by atoms with Crippen molar-refractivity contribution in [2.24, 2.45) is 5.84 Å². The summed E-state index contributed by atoms with van der Waals surface area (Å²) in [6.45, 7) is 2.61. The molecule has 0 heterocycles. The predicted octanol–water partition coefficient (Wildman–Crippen LogP) is -1.27. The summed E-state index contributed by atoms with van der Waals surface area (Å²) < 4.78 is 21.0. The second kappa shape index (κ2) is 3.60. The quantitative estimate of drug-likeness (QED) is 0.394. The number of carboxylic acid groups (broad SMARTS) is 1. The van der Waals surface area contributed by atoms with Gasteiger partial charge in [-0.2, -0.15) is 0 Å². The summed E-state index contributed by atoms with van der Waals surface area (Å²) in [6, 6.07) is -1.32. The molecule has 0 aromatic carbocycles. The maximum Gasteiger partial charge on any atom is 0.323 e. The van der Waals surface area contributed by atoms with E-state index >= 15 is 0 Å². The molecule has 13 heavy (non-hydrogen) atoms. The van der Waals surface area contributed by atoms with Crippen molar-refractivity contribution in [1.82, 2.24) is 5.43 Å². The molecule has 0 unspecified atom stereocenters. The Bertz CT molecular complexity index is 296. The van der Waals surface area contributed by atoms with E-state index in [0.29, 0.717) is 0 Å². The maximum atomic E-state index is 11.2. The van der Waals surface area contributed by atoms with Crippen LogP contribution in [0.25, 0.3) is 0 Å². The molecule has 0 aliphatic carbocycles. The topological polar surface area (TPSA) is 109 Å². The van der Waals surface area contributed by atoms with Gasteiger partial charge in [0, 0.05) is 6.26 Å². The monoisotopic (exact) mass is 210 g/mol. The largest absolute Gasteiger partial charge is 0.480 e. The highest BCUT2D eigenvalue weighted by atomic mass is 32.2. The van der Waals surface area contributed by atoms with Gasteiger partial charge in [-0.05, 0) is 13.8 Å². The van der Waals surface area contributed by atoms with Crippen LogP contribution in [0.15, 0.2) is 0 Å². The Kier molecular flexibility index (Phi) is 3.42. The summed E-state index contributed by atoms with van der Waals surface area (Å²) in [6.07, 6.45) is 0.972. The first-order valence-corrected chi connectivity index (χ1v) is 5.42. The molecule has 0 saturated heterocycles. The van der Waals surface area contributed by atoms with Crippen molar-refractivity contribution < 1.29 is 18.3 Å². The van der Waals surface area contributed by atoms with E-state index in [1.54, 1.807) is 0 Å². The van der Waals surface area contributed by atoms with Crippen molar-refractivity contribution in [3.05, 3.63) is 0 Å². The van der Waals surface area contributed by atoms with Crippen LogP contribution < -0.4 is 11.3 Å². The number of carbonyl (C=O) groups is 1. The van der Waals surface area contributed by atoms with E-state index in [1.165, 1.54) is 13.8 Å². The third kappa shape index (κ3) is 2.39. The Labute approximate surface area is 77.0 Å². The van der Waals surface area contributed by atoms with Crippen LogP contribution in [-0.2, 0) is 14.6 Å². The van der Waals surface area contributed by atoms with Gasteiger partial charge in [0.05, 0.1) is 4.75 Å². The van der Waals surface area contributed by atoms with E-state index in [1.807, 2.05) is 5.43 Å². The van der Waals surface area contributed by atoms with Crippen molar-refractivity contribution >= 4 is 15.8 Å². The van der Waals surface area contributed by atoms with Gasteiger partial charge < -0.3 is 5.11 Å². The summed E-state index contributed by atoms with van der Waals surface area (Å²) in [7, 11) is -3.48. The van der Waals surface area contributed by atoms with E-state index in [-0.39, 0.29) is 0 Å². The zero-order valence-electron chi connectivity index (χ0n) is 7.73. The van der Waals surface area contributed by atoms with Crippen molar-refractivity contribution in [3.63, 3.8) is 0 Å². The van der Waals surface area contributed by atoms with E-state index in [0.717, 1.165) is 6.26 Å². The average Bonchev–Trinajstić information content (AvgIpc) is 1.83. The Hall–Kier alpha value is -0.660. The van der Waals surface area contributed by atoms with E-state index in [4.69, 9.17) is 10.9 Å². The molecule has 0 bridgehead atoms. The molecule has 0 spiro atoms. The van der Waals surface area contributed by atoms with Gasteiger partial charge in [0.25, 0.3) is 0 Å². The molecule has 0 aromatic rings. The first-order chi connectivity index (χ1) is 5.64. The van der Waals surface area contributed by atoms with Crippen LogP contribution in [0.1, 0.15) is 13.8 Å². The lowest BCUT2D eigenvalue weighted by Crippen LogP contribution is -2.58. The minimum absolute atomic E-state index is 0.972. The first kappa shape index (κ1) is 12.3. The van der Waals surface area contributed by atoms with Gasteiger partial charge in [0.1, 0.15) is 6.04 Å². The van der Waals surface area contributed by atoms with E-state index in [2.05, 4.69) is 0 Å². The molecule has 0 amide bonds. The highest BCUT2D eigenvalue weighted by Gasteiger charge is 2.42. The molecular weight excluding hydrogens is 196 g/mol. The standard InChI is InChI=1S/C6H14N2O4S/c1-6(2,13(3,11)12)4(8-7)5(9)10/h4,8H,7H2,1-3H3,(H,9,10)/t4-/m1/s1. The minimum Gasteiger partial charge on any atom is -0.480 e. The number of nitrogens with two attached hydrogens (primary N) is 1. The fourth-order valence-corrected chi connectivity index (χ4v) is 1.38. The number of aliphatic carboxylic acids is 1. The lowest BCUT2D eigenvalue weighted by molar-refractivity contribution is -0.140. The van der Waals surface area contributed by atoms with E-state index < -0.39 is 26.6 Å². The summed E-state index contributed by atoms with van der Waals surface area (Å²) in [5.74, 6) is 3.67. The van der Waals surface area contributed by atoms with E-state index in [9.17, 15) is 13.2 Å². The van der Waals surface area contributed by atoms with Crippen LogP contribution in [0.5, 0.6) is 0 Å². The van der Waals surface area contributed by atoms with Gasteiger partial charge in [-0.1, -0.05) is 0 Å². The third-order valence-electron chi connectivity index (χ3n) is 2.06. The molecule has 1 atom stereocenters. The summed E-state index contributed by atoms with van der Waals surface area (Å²) >= 11 is 0. The molecule has 0 aliphatic heterocycles. The zero-order valence-corrected chi connectivity index (χ0v) is 8.55. The number of hydrogen-bond acceptors (Lipinski definition) is 5. The number of hydrazine groups is 1.